The highest BCUT2D eigenvalue weighted by Gasteiger charge is 2.29. The van der Waals surface area contributed by atoms with Gasteiger partial charge in [0.25, 0.3) is 0 Å². The molecule has 1 fully saturated rings. The van der Waals surface area contributed by atoms with Gasteiger partial charge in [0.15, 0.2) is 0 Å². The Morgan fingerprint density at radius 1 is 1.27 bits per heavy atom. The number of rotatable bonds is 6. The van der Waals surface area contributed by atoms with E-state index in [0.717, 1.165) is 42.6 Å². The Hall–Kier alpha value is -2.04. The van der Waals surface area contributed by atoms with E-state index in [2.05, 4.69) is 22.9 Å². The van der Waals surface area contributed by atoms with Crippen LogP contribution < -0.4 is 16.0 Å². The molecule has 22 heavy (non-hydrogen) atoms. The Morgan fingerprint density at radius 3 is 2.64 bits per heavy atom. The largest absolute Gasteiger partial charge is 0.335 e. The molecule has 1 aliphatic rings. The number of aryl methyl sites for hydroxylation is 1. The molecule has 1 aromatic rings. The summed E-state index contributed by atoms with van der Waals surface area (Å²) in [6.45, 7) is 6.01. The lowest BCUT2D eigenvalue weighted by atomic mass is 10.1. The van der Waals surface area contributed by atoms with Crippen molar-refractivity contribution < 1.29 is 9.59 Å². The average molecular weight is 303 g/mol. The second-order valence-corrected chi connectivity index (χ2v) is 6.08. The van der Waals surface area contributed by atoms with Crippen molar-refractivity contribution in [1.82, 2.24) is 5.32 Å². The summed E-state index contributed by atoms with van der Waals surface area (Å²) in [6, 6.07) is 5.49. The van der Waals surface area contributed by atoms with Gasteiger partial charge in [-0.3, -0.25) is 4.79 Å². The van der Waals surface area contributed by atoms with E-state index >= 15 is 0 Å². The Kier molecular flexibility index (Phi) is 5.41. The Balaban J connectivity index is 1.96. The number of urea groups is 1. The van der Waals surface area contributed by atoms with Crippen LogP contribution in [0.4, 0.5) is 16.2 Å². The lowest BCUT2D eigenvalue weighted by molar-refractivity contribution is -0.117. The normalized spacial score (nSPS) is 15.0. The molecule has 120 valence electrons. The van der Waals surface area contributed by atoms with Crippen LogP contribution in [0.5, 0.6) is 0 Å². The molecule has 1 aliphatic carbocycles. The maximum absolute atomic E-state index is 12.0. The van der Waals surface area contributed by atoms with Crippen molar-refractivity contribution in [3.05, 3.63) is 23.8 Å². The van der Waals surface area contributed by atoms with Crippen molar-refractivity contribution in [2.45, 2.75) is 52.5 Å². The highest BCUT2D eigenvalue weighted by Crippen LogP contribution is 2.30. The number of anilines is 2. The molecule has 0 aliphatic heterocycles. The smallest absolute Gasteiger partial charge is 0.319 e. The van der Waals surface area contributed by atoms with Crippen molar-refractivity contribution in [2.75, 3.05) is 10.6 Å². The third-order valence-corrected chi connectivity index (χ3v) is 3.80. The van der Waals surface area contributed by atoms with Crippen molar-refractivity contribution in [3.8, 4) is 0 Å². The van der Waals surface area contributed by atoms with E-state index < -0.39 is 0 Å². The lowest BCUT2D eigenvalue weighted by Crippen LogP contribution is -2.36. The molecule has 5 heteroatoms. The van der Waals surface area contributed by atoms with Crippen molar-refractivity contribution >= 4 is 23.3 Å². The van der Waals surface area contributed by atoms with E-state index in [0.29, 0.717) is 0 Å². The van der Waals surface area contributed by atoms with Crippen LogP contribution in [-0.2, 0) is 4.79 Å². The highest BCUT2D eigenvalue weighted by molar-refractivity contribution is 5.96. The molecular weight excluding hydrogens is 278 g/mol. The van der Waals surface area contributed by atoms with Gasteiger partial charge in [-0.15, -0.1) is 0 Å². The van der Waals surface area contributed by atoms with Crippen LogP contribution >= 0.6 is 0 Å². The predicted molar refractivity (Wildman–Crippen MR) is 89.1 cm³/mol. The van der Waals surface area contributed by atoms with E-state index in [9.17, 15) is 9.59 Å². The minimum Gasteiger partial charge on any atom is -0.335 e. The molecule has 3 amide bonds. The van der Waals surface area contributed by atoms with Crippen LogP contribution in [0.15, 0.2) is 18.2 Å². The number of hydrogen-bond acceptors (Lipinski definition) is 2. The third kappa shape index (κ3) is 4.76. The topological polar surface area (TPSA) is 70.2 Å². The molecule has 1 atom stereocenters. The van der Waals surface area contributed by atoms with Gasteiger partial charge in [0.1, 0.15) is 0 Å². The van der Waals surface area contributed by atoms with Gasteiger partial charge in [-0.2, -0.15) is 0 Å². The number of nitrogens with one attached hydrogen (secondary N) is 3. The van der Waals surface area contributed by atoms with Crippen molar-refractivity contribution in [3.63, 3.8) is 0 Å². The first-order chi connectivity index (χ1) is 10.5. The van der Waals surface area contributed by atoms with Gasteiger partial charge in [0.2, 0.25) is 5.91 Å². The number of carbonyl (C=O) groups is 2. The Morgan fingerprint density at radius 2 is 2.00 bits per heavy atom. The molecule has 3 N–H and O–H groups in total. The van der Waals surface area contributed by atoms with Crippen LogP contribution in [0.1, 0.15) is 45.1 Å². The maximum Gasteiger partial charge on any atom is 0.319 e. The summed E-state index contributed by atoms with van der Waals surface area (Å²) >= 11 is 0. The van der Waals surface area contributed by atoms with E-state index in [1.54, 1.807) is 6.07 Å². The molecule has 0 heterocycles. The molecule has 0 radical (unpaired) electrons. The maximum atomic E-state index is 12.0. The summed E-state index contributed by atoms with van der Waals surface area (Å²) in [7, 11) is 0. The number of benzene rings is 1. The van der Waals surface area contributed by atoms with Gasteiger partial charge < -0.3 is 16.0 Å². The zero-order chi connectivity index (χ0) is 16.1. The molecule has 2 rings (SSSR count). The second-order valence-electron chi connectivity index (χ2n) is 6.08. The Bertz CT molecular complexity index is 553. The van der Waals surface area contributed by atoms with Gasteiger partial charge in [-0.05, 0) is 50.8 Å². The van der Waals surface area contributed by atoms with Gasteiger partial charge in [0, 0.05) is 23.3 Å². The first kappa shape index (κ1) is 16.3. The van der Waals surface area contributed by atoms with E-state index in [-0.39, 0.29) is 23.9 Å². The molecule has 1 saturated carbocycles. The van der Waals surface area contributed by atoms with Crippen molar-refractivity contribution in [1.29, 1.82) is 0 Å². The fourth-order valence-corrected chi connectivity index (χ4v) is 2.31. The standard InChI is InChI=1S/C17H25N3O2/c1-4-5-12(3)18-17(22)20-15-10-14(9-6-11(15)2)19-16(21)13-7-8-13/h6,9-10,12-13H,4-5,7-8H2,1-3H3,(H,19,21)(H2,18,20,22)/t12-/m1/s1. The first-order valence-corrected chi connectivity index (χ1v) is 7.98. The summed E-state index contributed by atoms with van der Waals surface area (Å²) in [5.74, 6) is 0.228. The quantitative estimate of drug-likeness (QED) is 0.750. The number of hydrogen-bond donors (Lipinski definition) is 3. The van der Waals surface area contributed by atoms with Crippen LogP contribution in [0.25, 0.3) is 0 Å². The number of carbonyl (C=O) groups excluding carboxylic acids is 2. The van der Waals surface area contributed by atoms with Gasteiger partial charge in [0.05, 0.1) is 0 Å². The summed E-state index contributed by atoms with van der Waals surface area (Å²) in [5, 5.41) is 8.66. The summed E-state index contributed by atoms with van der Waals surface area (Å²) in [6.07, 6.45) is 3.92. The molecule has 0 unspecified atom stereocenters. The number of amides is 3. The molecule has 0 saturated heterocycles. The highest BCUT2D eigenvalue weighted by atomic mass is 16.2. The third-order valence-electron chi connectivity index (χ3n) is 3.80. The van der Waals surface area contributed by atoms with Crippen LogP contribution in [0.2, 0.25) is 0 Å². The fraction of sp³-hybridized carbons (Fsp3) is 0.529. The SMILES string of the molecule is CCC[C@@H](C)NC(=O)Nc1cc(NC(=O)C2CC2)ccc1C. The van der Waals surface area contributed by atoms with E-state index in [1.807, 2.05) is 26.0 Å². The molecular formula is C17H25N3O2. The van der Waals surface area contributed by atoms with Gasteiger partial charge >= 0.3 is 6.03 Å². The minimum atomic E-state index is -0.213. The van der Waals surface area contributed by atoms with E-state index in [1.165, 1.54) is 0 Å². The van der Waals surface area contributed by atoms with Crippen LogP contribution in [-0.4, -0.2) is 18.0 Å². The summed E-state index contributed by atoms with van der Waals surface area (Å²) in [4.78, 5) is 23.8. The zero-order valence-electron chi connectivity index (χ0n) is 13.5. The van der Waals surface area contributed by atoms with Gasteiger partial charge in [-0.1, -0.05) is 19.4 Å². The summed E-state index contributed by atoms with van der Waals surface area (Å²) < 4.78 is 0. The van der Waals surface area contributed by atoms with Crippen LogP contribution in [0.3, 0.4) is 0 Å². The predicted octanol–water partition coefficient (Wildman–Crippen LogP) is 3.65. The van der Waals surface area contributed by atoms with Gasteiger partial charge in [-0.25, -0.2) is 4.79 Å². The molecule has 0 spiro atoms. The monoisotopic (exact) mass is 303 g/mol. The molecule has 1 aromatic carbocycles. The molecule has 5 nitrogen and oxygen atoms in total. The molecule has 0 bridgehead atoms. The first-order valence-electron chi connectivity index (χ1n) is 7.98. The van der Waals surface area contributed by atoms with Crippen molar-refractivity contribution in [2.24, 2.45) is 5.92 Å². The zero-order valence-corrected chi connectivity index (χ0v) is 13.5. The summed E-state index contributed by atoms with van der Waals surface area (Å²) in [5.41, 5.74) is 2.40. The Labute approximate surface area is 131 Å². The molecule has 0 aromatic heterocycles. The average Bonchev–Trinajstić information content (AvgIpc) is 3.27. The fourth-order valence-electron chi connectivity index (χ4n) is 2.31. The minimum absolute atomic E-state index is 0.0656. The van der Waals surface area contributed by atoms with Crippen LogP contribution in [0, 0.1) is 12.8 Å². The van der Waals surface area contributed by atoms with E-state index in [4.69, 9.17) is 0 Å². The second kappa shape index (κ2) is 7.29. The lowest BCUT2D eigenvalue weighted by Gasteiger charge is -2.15.